The molecule has 0 heterocycles. The zero-order valence-electron chi connectivity index (χ0n) is 16.2. The van der Waals surface area contributed by atoms with Gasteiger partial charge < -0.3 is 9.68 Å². The molecular weight excluding hydrogens is 537 g/mol. The summed E-state index contributed by atoms with van der Waals surface area (Å²) >= 11 is 0. The highest BCUT2D eigenvalue weighted by Crippen LogP contribution is 2.54. The molecule has 0 radical (unpaired) electrons. The molecule has 0 amide bonds. The third-order valence-corrected chi connectivity index (χ3v) is 5.15. The Kier molecular flexibility index (Phi) is 5.69. The highest BCUT2D eigenvalue weighted by Gasteiger charge is 2.56. The van der Waals surface area contributed by atoms with Gasteiger partial charge in [0.1, 0.15) is 0 Å². The third kappa shape index (κ3) is 3.10. The minimum atomic E-state index is -5.31. The van der Waals surface area contributed by atoms with Crippen molar-refractivity contribution in [2.75, 3.05) is 0 Å². The molecule has 0 bridgehead atoms. The van der Waals surface area contributed by atoms with E-state index in [1.165, 1.54) is 0 Å². The maximum Gasteiger partial charge on any atom is 0.563 e. The second kappa shape index (κ2) is 8.01. The van der Waals surface area contributed by atoms with Gasteiger partial charge in [-0.3, -0.25) is 0 Å². The molecule has 190 valence electrons. The molecule has 0 aliphatic heterocycles. The predicted molar refractivity (Wildman–Crippen MR) is 89.0 cm³/mol. The van der Waals surface area contributed by atoms with Gasteiger partial charge in [0.25, 0.3) is 0 Å². The Morgan fingerprint density at radius 1 is 0.472 bits per heavy atom. The Balaban J connectivity index is 2.05. The van der Waals surface area contributed by atoms with Crippen LogP contribution < -0.4 is 10.1 Å². The van der Waals surface area contributed by atoms with Crippen molar-refractivity contribution in [3.63, 3.8) is 0 Å². The molecule has 0 saturated carbocycles. The molecule has 4 rings (SSSR count). The summed E-state index contributed by atoms with van der Waals surface area (Å²) in [7, 11) is -3.68. The number of hydrogen-bond acceptors (Lipinski definition) is 2. The lowest BCUT2D eigenvalue weighted by Crippen LogP contribution is -2.45. The predicted octanol–water partition coefficient (Wildman–Crippen LogP) is 5.24. The molecule has 0 aromatic heterocycles. The van der Waals surface area contributed by atoms with Crippen LogP contribution in [0.5, 0.6) is 5.75 Å². The number of hydrogen-bond donors (Lipinski definition) is 1. The number of alkyl halides is 2. The van der Waals surface area contributed by atoms with Gasteiger partial charge in [-0.2, -0.15) is 17.6 Å². The first-order chi connectivity index (χ1) is 16.6. The van der Waals surface area contributed by atoms with Crippen molar-refractivity contribution in [1.29, 1.82) is 0 Å². The average Bonchev–Trinajstić information content (AvgIpc) is 3.07. The summed E-state index contributed by atoms with van der Waals surface area (Å²) in [5.41, 5.74) is -11.6. The maximum absolute atomic E-state index is 15.0. The SMILES string of the molecule is OB(Oc1c(F)c(F)c(F)c(F)c1F)c1c(F)c(F)c(F)c2c1C(F)(F)c1c(F)c(F)c(F)c(F)c1-2. The standard InChI is InChI=1S/C19HBF14O2/c21-6-1-2-4(8(23)12(27)11(26)7(2)22)19(33,34)3(1)5(9(24)10(6)25)20(35)36-18-16(31)14(29)13(28)15(30)17(18)32/h35H. The molecule has 2 nitrogen and oxygen atoms in total. The van der Waals surface area contributed by atoms with Gasteiger partial charge in [-0.1, -0.05) is 0 Å². The van der Waals surface area contributed by atoms with Crippen LogP contribution in [0.4, 0.5) is 61.5 Å². The monoisotopic (exact) mass is 538 g/mol. The first-order valence-electron chi connectivity index (χ1n) is 8.88. The molecule has 0 saturated heterocycles. The lowest BCUT2D eigenvalue weighted by molar-refractivity contribution is 0.0432. The Labute approximate surface area is 188 Å². The van der Waals surface area contributed by atoms with E-state index in [1.54, 1.807) is 0 Å². The Hall–Kier alpha value is -3.50. The van der Waals surface area contributed by atoms with Crippen LogP contribution in [0.1, 0.15) is 11.1 Å². The Morgan fingerprint density at radius 2 is 0.833 bits per heavy atom. The second-order valence-corrected chi connectivity index (χ2v) is 7.06. The van der Waals surface area contributed by atoms with Crippen LogP contribution in [0.25, 0.3) is 11.1 Å². The number of rotatable bonds is 3. The van der Waals surface area contributed by atoms with Crippen LogP contribution in [0.3, 0.4) is 0 Å². The van der Waals surface area contributed by atoms with E-state index in [0.717, 1.165) is 0 Å². The lowest BCUT2D eigenvalue weighted by atomic mass is 9.73. The molecule has 0 atom stereocenters. The summed E-state index contributed by atoms with van der Waals surface area (Å²) < 4.78 is 200. The molecule has 0 spiro atoms. The van der Waals surface area contributed by atoms with Gasteiger partial charge in [0.2, 0.25) is 29.1 Å². The molecule has 1 N–H and O–H groups in total. The molecule has 3 aromatic rings. The van der Waals surface area contributed by atoms with E-state index in [-0.39, 0.29) is 0 Å². The van der Waals surface area contributed by atoms with E-state index < -0.39 is 116 Å². The quantitative estimate of drug-likeness (QED) is 0.214. The zero-order chi connectivity index (χ0) is 27.2. The van der Waals surface area contributed by atoms with Crippen LogP contribution in [-0.2, 0) is 5.92 Å². The summed E-state index contributed by atoms with van der Waals surface area (Å²) in [6, 6.07) is 0. The normalized spacial score (nSPS) is 13.6. The largest absolute Gasteiger partial charge is 0.563 e. The molecule has 0 unspecified atom stereocenters. The third-order valence-electron chi connectivity index (χ3n) is 5.15. The fourth-order valence-corrected chi connectivity index (χ4v) is 3.62. The highest BCUT2D eigenvalue weighted by atomic mass is 19.3. The van der Waals surface area contributed by atoms with Crippen molar-refractivity contribution in [3.05, 3.63) is 80.9 Å². The van der Waals surface area contributed by atoms with E-state index in [1.807, 2.05) is 0 Å². The van der Waals surface area contributed by atoms with Crippen molar-refractivity contribution in [1.82, 2.24) is 0 Å². The van der Waals surface area contributed by atoms with E-state index in [2.05, 4.69) is 4.65 Å². The van der Waals surface area contributed by atoms with Crippen LogP contribution in [0, 0.1) is 69.8 Å². The zero-order valence-corrected chi connectivity index (χ0v) is 16.2. The first-order valence-corrected chi connectivity index (χ1v) is 8.88. The van der Waals surface area contributed by atoms with Gasteiger partial charge >= 0.3 is 13.0 Å². The van der Waals surface area contributed by atoms with Gasteiger partial charge in [-0.05, 0) is 0 Å². The summed E-state index contributed by atoms with van der Waals surface area (Å²) in [6.07, 6.45) is 0. The number of halogens is 14. The molecule has 3 aromatic carbocycles. The average molecular weight is 538 g/mol. The maximum atomic E-state index is 15.0. The van der Waals surface area contributed by atoms with Crippen LogP contribution in [-0.4, -0.2) is 12.1 Å². The van der Waals surface area contributed by atoms with E-state index >= 15 is 8.78 Å². The summed E-state index contributed by atoms with van der Waals surface area (Å²) in [5.74, 6) is -41.1. The molecule has 1 aliphatic rings. The lowest BCUT2D eigenvalue weighted by Gasteiger charge is -2.20. The molecule has 1 aliphatic carbocycles. The van der Waals surface area contributed by atoms with Crippen molar-refractivity contribution in [2.24, 2.45) is 0 Å². The molecular formula is C19HBF14O2. The van der Waals surface area contributed by atoms with Gasteiger partial charge in [-0.15, -0.1) is 0 Å². The highest BCUT2D eigenvalue weighted by molar-refractivity contribution is 6.61. The van der Waals surface area contributed by atoms with Crippen molar-refractivity contribution in [2.45, 2.75) is 5.92 Å². The summed E-state index contributed by atoms with van der Waals surface area (Å²) in [6.45, 7) is 0. The number of fused-ring (bicyclic) bond motifs is 3. The Bertz CT molecular complexity index is 1460. The van der Waals surface area contributed by atoms with Gasteiger partial charge in [0.15, 0.2) is 46.5 Å². The van der Waals surface area contributed by atoms with E-state index in [0.29, 0.717) is 0 Å². The van der Waals surface area contributed by atoms with E-state index in [4.69, 9.17) is 0 Å². The molecule has 36 heavy (non-hydrogen) atoms. The topological polar surface area (TPSA) is 29.5 Å². The number of benzene rings is 3. The fraction of sp³-hybridized carbons (Fsp3) is 0.0526. The minimum absolute atomic E-state index is 2.15. The van der Waals surface area contributed by atoms with Crippen LogP contribution >= 0.6 is 0 Å². The minimum Gasteiger partial charge on any atom is -0.528 e. The first kappa shape index (κ1) is 25.6. The smallest absolute Gasteiger partial charge is 0.528 e. The summed E-state index contributed by atoms with van der Waals surface area (Å²) in [5, 5.41) is 10.0. The molecule has 0 fully saturated rings. The van der Waals surface area contributed by atoms with Crippen molar-refractivity contribution < 1.29 is 71.1 Å². The van der Waals surface area contributed by atoms with Crippen LogP contribution in [0.15, 0.2) is 0 Å². The van der Waals surface area contributed by atoms with Gasteiger partial charge in [-0.25, -0.2) is 43.9 Å². The van der Waals surface area contributed by atoms with E-state index in [9.17, 15) is 57.7 Å². The second-order valence-electron chi connectivity index (χ2n) is 7.06. The van der Waals surface area contributed by atoms with Crippen molar-refractivity contribution >= 4 is 12.6 Å². The van der Waals surface area contributed by atoms with Crippen LogP contribution in [0.2, 0.25) is 0 Å². The van der Waals surface area contributed by atoms with Gasteiger partial charge in [0, 0.05) is 22.2 Å². The molecule has 17 heteroatoms. The van der Waals surface area contributed by atoms with Crippen molar-refractivity contribution in [3.8, 4) is 16.9 Å². The Morgan fingerprint density at radius 3 is 1.33 bits per heavy atom. The summed E-state index contributed by atoms with van der Waals surface area (Å²) in [4.78, 5) is 0. The van der Waals surface area contributed by atoms with Gasteiger partial charge in [0.05, 0.1) is 5.56 Å². The fourth-order valence-electron chi connectivity index (χ4n) is 3.62.